The van der Waals surface area contributed by atoms with E-state index >= 15 is 0 Å². The van der Waals surface area contributed by atoms with Crippen LogP contribution in [-0.2, 0) is 4.79 Å². The van der Waals surface area contributed by atoms with E-state index in [-0.39, 0.29) is 24.1 Å². The van der Waals surface area contributed by atoms with Crippen molar-refractivity contribution in [3.63, 3.8) is 0 Å². The molecule has 27 heavy (non-hydrogen) atoms. The first kappa shape index (κ1) is 16.1. The maximum atomic E-state index is 14.4. The van der Waals surface area contributed by atoms with Gasteiger partial charge in [0.05, 0.1) is 15.9 Å². The Morgan fingerprint density at radius 3 is 2.78 bits per heavy atom. The summed E-state index contributed by atoms with van der Waals surface area (Å²) in [4.78, 5) is 17.0. The molecule has 0 fully saturated rings. The second-order valence-corrected chi connectivity index (χ2v) is 7.56. The number of halogens is 1. The van der Waals surface area contributed by atoms with E-state index in [0.717, 1.165) is 21.5 Å². The summed E-state index contributed by atoms with van der Waals surface area (Å²) in [7, 11) is 0. The van der Waals surface area contributed by atoms with Gasteiger partial charge < -0.3 is 5.32 Å². The fraction of sp³-hybridized carbons (Fsp3) is 0.150. The number of anilines is 1. The van der Waals surface area contributed by atoms with Gasteiger partial charge in [0.2, 0.25) is 11.0 Å². The third-order valence-electron chi connectivity index (χ3n) is 4.85. The fourth-order valence-electron chi connectivity index (χ4n) is 3.66. The lowest BCUT2D eigenvalue weighted by atomic mass is 9.85. The Hall–Kier alpha value is -3.06. The van der Waals surface area contributed by atoms with Crippen LogP contribution < -0.4 is 5.32 Å². The van der Waals surface area contributed by atoms with Crippen LogP contribution in [0.2, 0.25) is 0 Å². The van der Waals surface area contributed by atoms with Crippen molar-refractivity contribution < 1.29 is 9.18 Å². The summed E-state index contributed by atoms with van der Waals surface area (Å²) in [6.07, 6.45) is 0.195. The average molecular weight is 378 g/mol. The van der Waals surface area contributed by atoms with Crippen LogP contribution >= 0.6 is 11.3 Å². The van der Waals surface area contributed by atoms with Crippen LogP contribution in [-0.4, -0.2) is 20.7 Å². The van der Waals surface area contributed by atoms with Gasteiger partial charge >= 0.3 is 0 Å². The lowest BCUT2D eigenvalue weighted by molar-refractivity contribution is -0.116. The van der Waals surface area contributed by atoms with Crippen molar-refractivity contribution in [1.82, 2.24) is 14.8 Å². The topological polar surface area (TPSA) is 59.8 Å². The van der Waals surface area contributed by atoms with Crippen molar-refractivity contribution in [3.05, 3.63) is 71.2 Å². The zero-order valence-electron chi connectivity index (χ0n) is 14.4. The molecule has 2 aromatic carbocycles. The highest BCUT2D eigenvalue weighted by atomic mass is 32.1. The first-order chi connectivity index (χ1) is 13.1. The van der Waals surface area contributed by atoms with Gasteiger partial charge in [-0.1, -0.05) is 41.7 Å². The molecule has 5 rings (SSSR count). The quantitative estimate of drug-likeness (QED) is 0.562. The fourth-order valence-corrected chi connectivity index (χ4v) is 4.58. The van der Waals surface area contributed by atoms with Crippen LogP contribution in [0.25, 0.3) is 15.3 Å². The third-order valence-corrected chi connectivity index (χ3v) is 5.86. The first-order valence-corrected chi connectivity index (χ1v) is 9.43. The number of hydrogen-bond acceptors (Lipinski definition) is 4. The second kappa shape index (κ2) is 5.99. The van der Waals surface area contributed by atoms with Gasteiger partial charge in [0.1, 0.15) is 11.6 Å². The molecule has 0 unspecified atom stereocenters. The van der Waals surface area contributed by atoms with Gasteiger partial charge in [0, 0.05) is 17.9 Å². The van der Waals surface area contributed by atoms with Crippen LogP contribution in [0.4, 0.5) is 10.2 Å². The molecule has 2 aromatic heterocycles. The monoisotopic (exact) mass is 378 g/mol. The number of thiazole rings is 1. The zero-order valence-corrected chi connectivity index (χ0v) is 15.3. The molecule has 7 heteroatoms. The molecule has 1 amide bonds. The molecule has 0 bridgehead atoms. The number of benzene rings is 2. The molecule has 5 nitrogen and oxygen atoms in total. The Morgan fingerprint density at radius 2 is 1.96 bits per heavy atom. The van der Waals surface area contributed by atoms with E-state index in [2.05, 4.69) is 15.4 Å². The molecule has 1 aliphatic rings. The van der Waals surface area contributed by atoms with Gasteiger partial charge in [-0.3, -0.25) is 4.79 Å². The first-order valence-electron chi connectivity index (χ1n) is 8.61. The highest BCUT2D eigenvalue weighted by molar-refractivity contribution is 7.20. The van der Waals surface area contributed by atoms with Gasteiger partial charge in [-0.2, -0.15) is 9.78 Å². The zero-order chi connectivity index (χ0) is 18.5. The molecular weight excluding hydrogens is 363 g/mol. The van der Waals surface area contributed by atoms with E-state index in [1.165, 1.54) is 17.4 Å². The van der Waals surface area contributed by atoms with E-state index < -0.39 is 0 Å². The van der Waals surface area contributed by atoms with Crippen molar-refractivity contribution >= 4 is 33.3 Å². The largest absolute Gasteiger partial charge is 0.310 e. The van der Waals surface area contributed by atoms with Gasteiger partial charge in [0.15, 0.2) is 0 Å². The lowest BCUT2D eigenvalue weighted by Crippen LogP contribution is -2.25. The summed E-state index contributed by atoms with van der Waals surface area (Å²) in [6, 6.07) is 14.4. The Labute approximate surface area is 158 Å². The minimum Gasteiger partial charge on any atom is -0.310 e. The van der Waals surface area contributed by atoms with Crippen LogP contribution in [0.15, 0.2) is 48.5 Å². The maximum absolute atomic E-state index is 14.4. The molecule has 0 saturated heterocycles. The number of fused-ring (bicyclic) bond motifs is 2. The number of amides is 1. The van der Waals surface area contributed by atoms with Gasteiger partial charge in [-0.25, -0.2) is 9.37 Å². The smallest absolute Gasteiger partial charge is 0.226 e. The number of carbonyl (C=O) groups is 1. The number of aryl methyl sites for hydroxylation is 1. The SMILES string of the molecule is Cc1nn(-c2nc3ccccc3s2)c2c1[C@H](c1ccccc1F)CC(=O)N2. The molecule has 1 atom stereocenters. The number of aromatic nitrogens is 3. The number of nitrogens with zero attached hydrogens (tertiary/aromatic N) is 3. The average Bonchev–Trinajstić information content (AvgIpc) is 3.22. The molecule has 0 radical (unpaired) electrons. The van der Waals surface area contributed by atoms with Crippen molar-refractivity contribution in [1.29, 1.82) is 0 Å². The highest BCUT2D eigenvalue weighted by Gasteiger charge is 2.34. The maximum Gasteiger partial charge on any atom is 0.226 e. The predicted molar refractivity (Wildman–Crippen MR) is 103 cm³/mol. The highest BCUT2D eigenvalue weighted by Crippen LogP contribution is 2.41. The van der Waals surface area contributed by atoms with Gasteiger partial charge in [-0.05, 0) is 30.7 Å². The summed E-state index contributed by atoms with van der Waals surface area (Å²) in [6.45, 7) is 1.88. The second-order valence-electron chi connectivity index (χ2n) is 6.55. The summed E-state index contributed by atoms with van der Waals surface area (Å²) in [5.74, 6) is -0.248. The molecule has 0 saturated carbocycles. The Morgan fingerprint density at radius 1 is 1.19 bits per heavy atom. The molecule has 0 spiro atoms. The van der Waals surface area contributed by atoms with Gasteiger partial charge in [-0.15, -0.1) is 0 Å². The predicted octanol–water partition coefficient (Wildman–Crippen LogP) is 4.40. The number of nitrogens with one attached hydrogen (secondary N) is 1. The summed E-state index contributed by atoms with van der Waals surface area (Å²) >= 11 is 1.50. The Bertz CT molecular complexity index is 1160. The lowest BCUT2D eigenvalue weighted by Gasteiger charge is -2.24. The van der Waals surface area contributed by atoms with Crippen LogP contribution in [0.3, 0.4) is 0 Å². The molecule has 1 aliphatic heterocycles. The number of carbonyl (C=O) groups excluding carboxylic acids is 1. The summed E-state index contributed by atoms with van der Waals surface area (Å²) in [5, 5.41) is 8.22. The standard InChI is InChI=1S/C20H15FN4OS/c1-11-18-13(12-6-2-3-7-14(12)21)10-17(26)23-19(18)25(24-11)20-22-15-8-4-5-9-16(15)27-20/h2-9,13H,10H2,1H3,(H,23,26)/t13-/m0/s1. The molecule has 0 aliphatic carbocycles. The van der Waals surface area contributed by atoms with E-state index in [1.54, 1.807) is 22.9 Å². The number of rotatable bonds is 2. The van der Waals surface area contributed by atoms with Crippen LogP contribution in [0.1, 0.15) is 29.2 Å². The Balaban J connectivity index is 1.70. The van der Waals surface area contributed by atoms with E-state index in [1.807, 2.05) is 31.2 Å². The number of hydrogen-bond donors (Lipinski definition) is 1. The van der Waals surface area contributed by atoms with Crippen molar-refractivity contribution in [2.75, 3.05) is 5.32 Å². The molecule has 4 aromatic rings. The van der Waals surface area contributed by atoms with Crippen molar-refractivity contribution in [2.45, 2.75) is 19.3 Å². The normalized spacial score (nSPS) is 16.4. The number of para-hydroxylation sites is 1. The Kier molecular flexibility index (Phi) is 3.58. The minimum atomic E-state index is -0.363. The van der Waals surface area contributed by atoms with Crippen molar-refractivity contribution in [3.8, 4) is 5.13 Å². The van der Waals surface area contributed by atoms with E-state index in [0.29, 0.717) is 16.5 Å². The van der Waals surface area contributed by atoms with Crippen LogP contribution in [0.5, 0.6) is 0 Å². The summed E-state index contributed by atoms with van der Waals surface area (Å²) < 4.78 is 17.1. The third kappa shape index (κ3) is 2.54. The minimum absolute atomic E-state index is 0.155. The van der Waals surface area contributed by atoms with E-state index in [9.17, 15) is 9.18 Å². The summed E-state index contributed by atoms with van der Waals surface area (Å²) in [5.41, 5.74) is 3.00. The van der Waals surface area contributed by atoms with Gasteiger partial charge in [0.25, 0.3) is 0 Å². The van der Waals surface area contributed by atoms with Crippen molar-refractivity contribution in [2.24, 2.45) is 0 Å². The molecule has 134 valence electrons. The molecular formula is C20H15FN4OS. The molecule has 1 N–H and O–H groups in total. The van der Waals surface area contributed by atoms with E-state index in [4.69, 9.17) is 0 Å². The van der Waals surface area contributed by atoms with Crippen LogP contribution in [0, 0.1) is 12.7 Å². The molecule has 3 heterocycles.